The molecule has 0 saturated heterocycles. The van der Waals surface area contributed by atoms with Crippen molar-refractivity contribution in [3.05, 3.63) is 64.0 Å². The van der Waals surface area contributed by atoms with Gasteiger partial charge in [0.05, 0.1) is 0 Å². The smallest absolute Gasteiger partial charge is 0.127 e. The number of hydrogen-bond acceptors (Lipinski definition) is 2. The summed E-state index contributed by atoms with van der Waals surface area (Å²) >= 11 is 0. The van der Waals surface area contributed by atoms with Gasteiger partial charge in [0.15, 0.2) is 0 Å². The van der Waals surface area contributed by atoms with Crippen LogP contribution >= 0.6 is 0 Å². The van der Waals surface area contributed by atoms with Crippen molar-refractivity contribution < 1.29 is 9.13 Å². The fourth-order valence-corrected chi connectivity index (χ4v) is 3.35. The zero-order valence-corrected chi connectivity index (χ0v) is 12.6. The topological polar surface area (TPSA) is 35.2 Å². The second-order valence-electron chi connectivity index (χ2n) is 5.94. The number of halogens is 1. The Labute approximate surface area is 124 Å². The molecule has 3 heteroatoms. The number of hydrogen-bond donors (Lipinski definition) is 1. The molecule has 0 radical (unpaired) electrons. The molecule has 2 aromatic carbocycles. The third-order valence-electron chi connectivity index (χ3n) is 4.17. The van der Waals surface area contributed by atoms with Crippen molar-refractivity contribution >= 4 is 0 Å². The molecule has 2 nitrogen and oxygen atoms in total. The minimum absolute atomic E-state index is 0.116. The minimum atomic E-state index is -0.293. The summed E-state index contributed by atoms with van der Waals surface area (Å²) in [7, 11) is 0. The fraction of sp³-hybridized carbons (Fsp3) is 0.333. The first kappa shape index (κ1) is 14.1. The number of benzene rings is 2. The highest BCUT2D eigenvalue weighted by Crippen LogP contribution is 2.41. The van der Waals surface area contributed by atoms with Crippen LogP contribution in [0, 0.1) is 26.6 Å². The summed E-state index contributed by atoms with van der Waals surface area (Å²) in [5.74, 6) is 0.275. The molecule has 1 aliphatic heterocycles. The lowest BCUT2D eigenvalue weighted by atomic mass is 9.88. The number of aryl methyl sites for hydroxylation is 3. The molecule has 3 rings (SSSR count). The maximum absolute atomic E-state index is 13.4. The van der Waals surface area contributed by atoms with Gasteiger partial charge in [0.25, 0.3) is 0 Å². The Bertz CT molecular complexity index is 673. The summed E-state index contributed by atoms with van der Waals surface area (Å²) < 4.78 is 19.5. The van der Waals surface area contributed by atoms with Crippen molar-refractivity contribution in [3.8, 4) is 5.75 Å². The number of nitrogens with two attached hydrogens (primary N) is 1. The molecule has 1 heterocycles. The molecule has 0 aliphatic carbocycles. The van der Waals surface area contributed by atoms with Gasteiger partial charge in [-0.25, -0.2) is 4.39 Å². The van der Waals surface area contributed by atoms with E-state index in [9.17, 15) is 4.39 Å². The average molecular weight is 285 g/mol. The lowest BCUT2D eigenvalue weighted by Crippen LogP contribution is -2.25. The highest BCUT2D eigenvalue weighted by molar-refractivity contribution is 5.44. The van der Waals surface area contributed by atoms with Gasteiger partial charge in [-0.1, -0.05) is 23.8 Å². The monoisotopic (exact) mass is 285 g/mol. The highest BCUT2D eigenvalue weighted by Gasteiger charge is 2.29. The predicted octanol–water partition coefficient (Wildman–Crippen LogP) is 4.27. The standard InChI is InChI=1S/C18H20FNO/c1-10-6-11(2)18(12(3)7-10)17-9-15(20)14-5-4-13(19)8-16(14)21-17/h4-8,15,17H,9,20H2,1-3H3. The summed E-state index contributed by atoms with van der Waals surface area (Å²) in [4.78, 5) is 0. The number of ether oxygens (including phenoxy) is 1. The maximum atomic E-state index is 13.4. The molecule has 2 N–H and O–H groups in total. The van der Waals surface area contributed by atoms with Crippen molar-refractivity contribution in [3.63, 3.8) is 0 Å². The lowest BCUT2D eigenvalue weighted by Gasteiger charge is -2.32. The molecular formula is C18H20FNO. The van der Waals surface area contributed by atoms with E-state index in [4.69, 9.17) is 10.5 Å². The quantitative estimate of drug-likeness (QED) is 0.849. The molecular weight excluding hydrogens is 265 g/mol. The van der Waals surface area contributed by atoms with E-state index < -0.39 is 0 Å². The van der Waals surface area contributed by atoms with Crippen molar-refractivity contribution in [2.45, 2.75) is 39.3 Å². The summed E-state index contributed by atoms with van der Waals surface area (Å²) in [6.45, 7) is 6.26. The van der Waals surface area contributed by atoms with Crippen molar-refractivity contribution in [2.24, 2.45) is 5.73 Å². The van der Waals surface area contributed by atoms with Crippen LogP contribution in [0.1, 0.15) is 46.4 Å². The normalized spacial score (nSPS) is 20.8. The van der Waals surface area contributed by atoms with Gasteiger partial charge in [-0.05, 0) is 43.5 Å². The van der Waals surface area contributed by atoms with Gasteiger partial charge in [0.1, 0.15) is 17.7 Å². The Kier molecular flexibility index (Phi) is 3.46. The van der Waals surface area contributed by atoms with Gasteiger partial charge in [0.2, 0.25) is 0 Å². The molecule has 2 aromatic rings. The van der Waals surface area contributed by atoms with E-state index in [1.165, 1.54) is 34.4 Å². The van der Waals surface area contributed by atoms with E-state index in [2.05, 4.69) is 32.9 Å². The Morgan fingerprint density at radius 1 is 1.10 bits per heavy atom. The zero-order chi connectivity index (χ0) is 15.1. The van der Waals surface area contributed by atoms with Crippen LogP contribution in [-0.4, -0.2) is 0 Å². The fourth-order valence-electron chi connectivity index (χ4n) is 3.35. The predicted molar refractivity (Wildman–Crippen MR) is 82.0 cm³/mol. The molecule has 2 atom stereocenters. The van der Waals surface area contributed by atoms with Crippen molar-refractivity contribution in [1.29, 1.82) is 0 Å². The van der Waals surface area contributed by atoms with Crippen LogP contribution in [0.5, 0.6) is 5.75 Å². The molecule has 0 saturated carbocycles. The van der Waals surface area contributed by atoms with Gasteiger partial charge in [-0.15, -0.1) is 0 Å². The molecule has 0 fully saturated rings. The molecule has 0 spiro atoms. The van der Waals surface area contributed by atoms with Gasteiger partial charge in [-0.3, -0.25) is 0 Å². The Morgan fingerprint density at radius 2 is 1.76 bits per heavy atom. The van der Waals surface area contributed by atoms with E-state index in [1.54, 1.807) is 6.07 Å². The molecule has 110 valence electrons. The second-order valence-corrected chi connectivity index (χ2v) is 5.94. The molecule has 21 heavy (non-hydrogen) atoms. The first-order valence-electron chi connectivity index (χ1n) is 7.25. The van der Waals surface area contributed by atoms with Crippen LogP contribution in [0.3, 0.4) is 0 Å². The summed E-state index contributed by atoms with van der Waals surface area (Å²) in [5.41, 5.74) is 11.9. The third kappa shape index (κ3) is 2.54. The van der Waals surface area contributed by atoms with Gasteiger partial charge in [0, 0.05) is 24.1 Å². The minimum Gasteiger partial charge on any atom is -0.485 e. The van der Waals surface area contributed by atoms with E-state index in [0.717, 1.165) is 5.56 Å². The molecule has 0 amide bonds. The largest absolute Gasteiger partial charge is 0.485 e. The van der Waals surface area contributed by atoms with Gasteiger partial charge < -0.3 is 10.5 Å². The van der Waals surface area contributed by atoms with Crippen molar-refractivity contribution in [1.82, 2.24) is 0 Å². The SMILES string of the molecule is Cc1cc(C)c(C2CC(N)c3ccc(F)cc3O2)c(C)c1. The van der Waals surface area contributed by atoms with Crippen LogP contribution in [0.25, 0.3) is 0 Å². The van der Waals surface area contributed by atoms with Crippen molar-refractivity contribution in [2.75, 3.05) is 0 Å². The molecule has 1 aliphatic rings. The zero-order valence-electron chi connectivity index (χ0n) is 12.6. The summed E-state index contributed by atoms with van der Waals surface area (Å²) in [6, 6.07) is 8.77. The van der Waals surface area contributed by atoms with Crippen LogP contribution < -0.4 is 10.5 Å². The average Bonchev–Trinajstić information content (AvgIpc) is 2.36. The molecule has 2 unspecified atom stereocenters. The van der Waals surface area contributed by atoms with Crippen LogP contribution in [0.15, 0.2) is 30.3 Å². The molecule has 0 bridgehead atoms. The lowest BCUT2D eigenvalue weighted by molar-refractivity contribution is 0.159. The van der Waals surface area contributed by atoms with Gasteiger partial charge >= 0.3 is 0 Å². The van der Waals surface area contributed by atoms with E-state index in [0.29, 0.717) is 12.2 Å². The number of rotatable bonds is 1. The van der Waals surface area contributed by atoms with Crippen LogP contribution in [0.4, 0.5) is 4.39 Å². The molecule has 0 aromatic heterocycles. The van der Waals surface area contributed by atoms with E-state index in [1.807, 2.05) is 0 Å². The van der Waals surface area contributed by atoms with Gasteiger partial charge in [-0.2, -0.15) is 0 Å². The Morgan fingerprint density at radius 3 is 2.43 bits per heavy atom. The number of fused-ring (bicyclic) bond motifs is 1. The Balaban J connectivity index is 2.03. The third-order valence-corrected chi connectivity index (χ3v) is 4.17. The van der Waals surface area contributed by atoms with Crippen LogP contribution in [0.2, 0.25) is 0 Å². The summed E-state index contributed by atoms with van der Waals surface area (Å²) in [5, 5.41) is 0. The summed E-state index contributed by atoms with van der Waals surface area (Å²) in [6.07, 6.45) is 0.596. The highest BCUT2D eigenvalue weighted by atomic mass is 19.1. The second kappa shape index (κ2) is 5.15. The van der Waals surface area contributed by atoms with E-state index in [-0.39, 0.29) is 18.0 Å². The first-order chi connectivity index (χ1) is 9.95. The Hall–Kier alpha value is -1.87. The first-order valence-corrected chi connectivity index (χ1v) is 7.25. The van der Waals surface area contributed by atoms with E-state index >= 15 is 0 Å². The van der Waals surface area contributed by atoms with Crippen LogP contribution in [-0.2, 0) is 0 Å². The maximum Gasteiger partial charge on any atom is 0.127 e.